The summed E-state index contributed by atoms with van der Waals surface area (Å²) in [6.45, 7) is 0.311. The summed E-state index contributed by atoms with van der Waals surface area (Å²) in [5, 5.41) is 22.8. The summed E-state index contributed by atoms with van der Waals surface area (Å²) in [5.74, 6) is -0.699. The van der Waals surface area contributed by atoms with Gasteiger partial charge in [-0.3, -0.25) is 14.9 Å². The Balaban J connectivity index is 2.09. The first-order valence-corrected chi connectivity index (χ1v) is 6.81. The molecule has 0 aliphatic carbocycles. The second-order valence-electron chi connectivity index (χ2n) is 4.16. The molecule has 0 atom stereocenters. The summed E-state index contributed by atoms with van der Waals surface area (Å²) in [6.07, 6.45) is 0. The highest BCUT2D eigenvalue weighted by atomic mass is 32.2. The fourth-order valence-electron chi connectivity index (χ4n) is 1.71. The number of amides is 1. The number of carbonyl (C=O) groups is 1. The van der Waals surface area contributed by atoms with Crippen LogP contribution in [0, 0.1) is 10.1 Å². The average Bonchev–Trinajstić information content (AvgIpc) is 2.47. The van der Waals surface area contributed by atoms with Gasteiger partial charge < -0.3 is 10.4 Å². The molecule has 2 N–H and O–H groups in total. The molecule has 0 aliphatic rings. The molecular weight excluding hydrogens is 292 g/mol. The predicted molar refractivity (Wildman–Crippen MR) is 78.6 cm³/mol. The van der Waals surface area contributed by atoms with Crippen LogP contribution in [0.4, 0.5) is 0 Å². The summed E-state index contributed by atoms with van der Waals surface area (Å²) in [5.41, 5.74) is 0.930. The van der Waals surface area contributed by atoms with E-state index in [0.717, 1.165) is 5.56 Å². The van der Waals surface area contributed by atoms with Crippen LogP contribution in [0.25, 0.3) is 0 Å². The molecule has 0 radical (unpaired) electrons. The average molecular weight is 304 g/mol. The van der Waals surface area contributed by atoms with Crippen LogP contribution in [0.3, 0.4) is 0 Å². The zero-order chi connectivity index (χ0) is 15.2. The number of hydrogen-bond acceptors (Lipinski definition) is 5. The smallest absolute Gasteiger partial charge is 0.265 e. The third kappa shape index (κ3) is 4.22. The standard InChI is InChI=1S/C14H12N2O4S/c17-13-7-6-11(21-16(19)20)8-12(13)14(18)15-9-10-4-2-1-3-5-10/h1-8,17H,9H2,(H,15,18). The van der Waals surface area contributed by atoms with Gasteiger partial charge in [-0.2, -0.15) is 0 Å². The first kappa shape index (κ1) is 14.9. The van der Waals surface area contributed by atoms with E-state index in [4.69, 9.17) is 0 Å². The van der Waals surface area contributed by atoms with Gasteiger partial charge in [-0.15, -0.1) is 0 Å². The second-order valence-corrected chi connectivity index (χ2v) is 5.11. The molecule has 0 saturated heterocycles. The minimum atomic E-state index is -0.571. The fourth-order valence-corrected chi connectivity index (χ4v) is 2.18. The van der Waals surface area contributed by atoms with E-state index in [1.54, 1.807) is 0 Å². The molecule has 7 heteroatoms. The molecule has 2 aromatic rings. The molecule has 0 saturated carbocycles. The number of phenols is 1. The zero-order valence-electron chi connectivity index (χ0n) is 10.9. The van der Waals surface area contributed by atoms with Crippen LogP contribution in [0.15, 0.2) is 53.4 Å². The van der Waals surface area contributed by atoms with Crippen LogP contribution in [-0.4, -0.2) is 15.3 Å². The van der Waals surface area contributed by atoms with Crippen molar-refractivity contribution in [2.24, 2.45) is 0 Å². The Morgan fingerprint density at radius 3 is 2.62 bits per heavy atom. The van der Waals surface area contributed by atoms with Crippen LogP contribution < -0.4 is 5.32 Å². The molecule has 0 aromatic heterocycles. The third-order valence-corrected chi connectivity index (χ3v) is 3.30. The maximum absolute atomic E-state index is 12.0. The van der Waals surface area contributed by atoms with Gasteiger partial charge in [0.05, 0.1) is 10.5 Å². The number of nitrogens with zero attached hydrogens (tertiary/aromatic N) is 1. The number of phenolic OH excluding ortho intramolecular Hbond substituents is 1. The molecule has 0 fully saturated rings. The monoisotopic (exact) mass is 304 g/mol. The molecule has 108 valence electrons. The van der Waals surface area contributed by atoms with E-state index in [1.807, 2.05) is 30.3 Å². The lowest BCUT2D eigenvalue weighted by atomic mass is 10.1. The van der Waals surface area contributed by atoms with Gasteiger partial charge >= 0.3 is 0 Å². The van der Waals surface area contributed by atoms with Crippen molar-refractivity contribution in [1.29, 1.82) is 0 Å². The highest BCUT2D eigenvalue weighted by Gasteiger charge is 2.15. The summed E-state index contributed by atoms with van der Waals surface area (Å²) in [6, 6.07) is 13.2. The summed E-state index contributed by atoms with van der Waals surface area (Å²) >= 11 is 0.384. The van der Waals surface area contributed by atoms with E-state index in [2.05, 4.69) is 5.32 Å². The lowest BCUT2D eigenvalue weighted by Crippen LogP contribution is -2.22. The van der Waals surface area contributed by atoms with Crippen molar-refractivity contribution in [1.82, 2.24) is 5.32 Å². The molecule has 21 heavy (non-hydrogen) atoms. The Hall–Kier alpha value is -2.54. The number of aromatic hydroxyl groups is 1. The first-order chi connectivity index (χ1) is 10.1. The maximum Gasteiger partial charge on any atom is 0.265 e. The van der Waals surface area contributed by atoms with Gasteiger partial charge in [-0.05, 0) is 23.8 Å². The highest BCUT2D eigenvalue weighted by Crippen LogP contribution is 2.25. The number of nitrogens with one attached hydrogen (secondary N) is 1. The summed E-state index contributed by atoms with van der Waals surface area (Å²) in [4.78, 5) is 22.8. The number of benzene rings is 2. The molecule has 2 aromatic carbocycles. The molecule has 6 nitrogen and oxygen atoms in total. The topological polar surface area (TPSA) is 92.5 Å². The fraction of sp³-hybridized carbons (Fsp3) is 0.0714. The van der Waals surface area contributed by atoms with E-state index in [9.17, 15) is 20.0 Å². The minimum absolute atomic E-state index is 0.0118. The molecule has 0 spiro atoms. The van der Waals surface area contributed by atoms with Crippen molar-refractivity contribution in [3.05, 3.63) is 69.8 Å². The van der Waals surface area contributed by atoms with Gasteiger partial charge in [0.2, 0.25) is 0 Å². The van der Waals surface area contributed by atoms with Gasteiger partial charge in [-0.1, -0.05) is 30.3 Å². The van der Waals surface area contributed by atoms with Gasteiger partial charge in [0.15, 0.2) is 0 Å². The number of hydrogen-bond donors (Lipinski definition) is 2. The van der Waals surface area contributed by atoms with E-state index in [0.29, 0.717) is 18.5 Å². The maximum atomic E-state index is 12.0. The van der Waals surface area contributed by atoms with Gasteiger partial charge in [0.1, 0.15) is 10.1 Å². The van der Waals surface area contributed by atoms with Gasteiger partial charge in [0.25, 0.3) is 17.9 Å². The number of carbonyl (C=O) groups excluding carboxylic acids is 1. The Kier molecular flexibility index (Phi) is 4.78. The summed E-state index contributed by atoms with van der Waals surface area (Å²) < 4.78 is -0.571. The van der Waals surface area contributed by atoms with Crippen LogP contribution in [-0.2, 0) is 6.54 Å². The van der Waals surface area contributed by atoms with Crippen molar-refractivity contribution in [2.45, 2.75) is 11.4 Å². The zero-order valence-corrected chi connectivity index (χ0v) is 11.7. The molecule has 2 rings (SSSR count). The van der Waals surface area contributed by atoms with Gasteiger partial charge in [-0.25, -0.2) is 0 Å². The Morgan fingerprint density at radius 2 is 1.95 bits per heavy atom. The second kappa shape index (κ2) is 6.76. The quantitative estimate of drug-likeness (QED) is 0.503. The third-order valence-electron chi connectivity index (χ3n) is 2.69. The highest BCUT2D eigenvalue weighted by molar-refractivity contribution is 7.93. The van der Waals surface area contributed by atoms with Crippen LogP contribution >= 0.6 is 11.9 Å². The normalized spacial score (nSPS) is 10.1. The number of nitro groups is 1. The van der Waals surface area contributed by atoms with Crippen molar-refractivity contribution in [3.63, 3.8) is 0 Å². The molecular formula is C14H12N2O4S. The molecule has 1 amide bonds. The lowest BCUT2D eigenvalue weighted by molar-refractivity contribution is -0.284. The molecule has 0 unspecified atom stereocenters. The molecule has 0 aliphatic heterocycles. The Bertz CT molecular complexity index is 661. The van der Waals surface area contributed by atoms with E-state index in [1.165, 1.54) is 18.2 Å². The Morgan fingerprint density at radius 1 is 1.24 bits per heavy atom. The van der Waals surface area contributed by atoms with E-state index >= 15 is 0 Å². The van der Waals surface area contributed by atoms with Crippen LogP contribution in [0.2, 0.25) is 0 Å². The van der Waals surface area contributed by atoms with Crippen molar-refractivity contribution >= 4 is 17.9 Å². The lowest BCUT2D eigenvalue weighted by Gasteiger charge is -2.07. The van der Waals surface area contributed by atoms with Gasteiger partial charge in [0, 0.05) is 6.54 Å². The van der Waals surface area contributed by atoms with Crippen molar-refractivity contribution < 1.29 is 14.2 Å². The Labute approximate surface area is 125 Å². The van der Waals surface area contributed by atoms with Crippen molar-refractivity contribution in [3.8, 4) is 5.75 Å². The SMILES string of the molecule is O=C(NCc1ccccc1)c1cc(S[N+](=O)[O-])ccc1O. The first-order valence-electron chi connectivity index (χ1n) is 6.04. The predicted octanol–water partition coefficient (Wildman–Crippen LogP) is 2.61. The van der Waals surface area contributed by atoms with E-state index in [-0.39, 0.29) is 16.2 Å². The van der Waals surface area contributed by atoms with Crippen molar-refractivity contribution in [2.75, 3.05) is 0 Å². The molecule has 0 heterocycles. The number of rotatable bonds is 5. The largest absolute Gasteiger partial charge is 0.507 e. The van der Waals surface area contributed by atoms with Crippen LogP contribution in [0.1, 0.15) is 15.9 Å². The summed E-state index contributed by atoms with van der Waals surface area (Å²) in [7, 11) is 0. The minimum Gasteiger partial charge on any atom is -0.507 e. The molecule has 0 bridgehead atoms. The van der Waals surface area contributed by atoms with E-state index < -0.39 is 10.2 Å². The van der Waals surface area contributed by atoms with Crippen LogP contribution in [0.5, 0.6) is 5.75 Å².